The average Bonchev–Trinajstić information content (AvgIpc) is 2.93. The van der Waals surface area contributed by atoms with Gasteiger partial charge in [0, 0.05) is 16.5 Å². The normalized spacial score (nSPS) is 22.2. The van der Waals surface area contributed by atoms with Gasteiger partial charge < -0.3 is 10.0 Å². The van der Waals surface area contributed by atoms with E-state index in [1.54, 1.807) is 12.2 Å². The maximum atomic E-state index is 11.2. The Bertz CT molecular complexity index is 715. The number of carboxylic acids is 1. The molecule has 1 aromatic carbocycles. The molecule has 2 atom stereocenters. The lowest BCUT2D eigenvalue weighted by molar-refractivity contribution is -0.132. The number of benzene rings is 1. The number of hydrogen-bond donors (Lipinski definition) is 2. The van der Waals surface area contributed by atoms with Crippen molar-refractivity contribution in [2.45, 2.75) is 23.9 Å². The molecule has 0 aromatic heterocycles. The molecule has 0 fully saturated rings. The largest absolute Gasteiger partial charge is 0.478 e. The Morgan fingerprint density at radius 3 is 2.83 bits per heavy atom. The second kappa shape index (κ2) is 7.42. The van der Waals surface area contributed by atoms with E-state index in [-0.39, 0.29) is 12.1 Å². The number of hydrogen-bond acceptors (Lipinski definition) is 5. The third kappa shape index (κ3) is 3.66. The topological polar surface area (TPSA) is 64.9 Å². The smallest absolute Gasteiger partial charge is 0.335 e. The first-order chi connectivity index (χ1) is 11.6. The van der Waals surface area contributed by atoms with Crippen LogP contribution in [0, 0.1) is 0 Å². The number of carboxylic acid groups (broad SMARTS) is 1. The zero-order valence-electron chi connectivity index (χ0n) is 13.1. The van der Waals surface area contributed by atoms with Crippen LogP contribution in [0.3, 0.4) is 0 Å². The molecule has 0 radical (unpaired) electrons. The van der Waals surface area contributed by atoms with Crippen molar-refractivity contribution >= 4 is 35.4 Å². The molecule has 0 saturated carbocycles. The summed E-state index contributed by atoms with van der Waals surface area (Å²) in [7, 11) is 0. The zero-order chi connectivity index (χ0) is 17.1. The average molecular weight is 364 g/mol. The summed E-state index contributed by atoms with van der Waals surface area (Å²) in [5, 5.41) is 9.89. The van der Waals surface area contributed by atoms with Crippen LogP contribution in [0.15, 0.2) is 58.0 Å². The molecular formula is C17H18ClN3O2S. The molecule has 24 heavy (non-hydrogen) atoms. The first-order valence-electron chi connectivity index (χ1n) is 7.70. The SMILES string of the molecule is CCN1C(CNSc2ccc(Cl)cc2)=NC2C=CC(C(=O)O)=CC21. The fourth-order valence-electron chi connectivity index (χ4n) is 2.84. The highest BCUT2D eigenvalue weighted by molar-refractivity contribution is 7.97. The molecule has 1 heterocycles. The maximum absolute atomic E-state index is 11.2. The molecule has 2 unspecified atom stereocenters. The fraction of sp³-hybridized carbons (Fsp3) is 0.294. The van der Waals surface area contributed by atoms with Crippen molar-refractivity contribution in [1.29, 1.82) is 0 Å². The third-order valence-electron chi connectivity index (χ3n) is 3.98. The van der Waals surface area contributed by atoms with Crippen molar-refractivity contribution < 1.29 is 9.90 Å². The molecule has 2 aliphatic rings. The van der Waals surface area contributed by atoms with Crippen LogP contribution in [0.1, 0.15) is 6.92 Å². The van der Waals surface area contributed by atoms with Gasteiger partial charge in [0.1, 0.15) is 5.84 Å². The second-order valence-corrected chi connectivity index (χ2v) is 6.88. The van der Waals surface area contributed by atoms with Crippen LogP contribution in [0.2, 0.25) is 5.02 Å². The van der Waals surface area contributed by atoms with Gasteiger partial charge >= 0.3 is 5.97 Å². The first kappa shape index (κ1) is 17.1. The molecule has 0 saturated heterocycles. The monoisotopic (exact) mass is 363 g/mol. The summed E-state index contributed by atoms with van der Waals surface area (Å²) in [5.41, 5.74) is 0.328. The van der Waals surface area contributed by atoms with Gasteiger partial charge in [0.05, 0.1) is 24.2 Å². The molecule has 1 aromatic rings. The van der Waals surface area contributed by atoms with Gasteiger partial charge in [-0.25, -0.2) is 4.79 Å². The lowest BCUT2D eigenvalue weighted by Crippen LogP contribution is -2.41. The Morgan fingerprint density at radius 2 is 2.17 bits per heavy atom. The minimum absolute atomic E-state index is 0.00891. The van der Waals surface area contributed by atoms with E-state index in [1.165, 1.54) is 11.9 Å². The van der Waals surface area contributed by atoms with E-state index in [1.807, 2.05) is 30.3 Å². The van der Waals surface area contributed by atoms with Gasteiger partial charge in [-0.3, -0.25) is 9.71 Å². The molecule has 7 heteroatoms. The van der Waals surface area contributed by atoms with Crippen molar-refractivity contribution in [3.05, 3.63) is 53.1 Å². The van der Waals surface area contributed by atoms with Gasteiger partial charge in [0.2, 0.25) is 0 Å². The summed E-state index contributed by atoms with van der Waals surface area (Å²) >= 11 is 7.41. The Balaban J connectivity index is 1.63. The lowest BCUT2D eigenvalue weighted by atomic mass is 9.98. The number of carbonyl (C=O) groups is 1. The molecule has 0 spiro atoms. The van der Waals surface area contributed by atoms with E-state index in [0.717, 1.165) is 17.3 Å². The molecule has 1 aliphatic heterocycles. The zero-order valence-corrected chi connectivity index (χ0v) is 14.7. The molecule has 126 valence electrons. The summed E-state index contributed by atoms with van der Waals surface area (Å²) in [5.74, 6) is 0.0483. The summed E-state index contributed by atoms with van der Waals surface area (Å²) < 4.78 is 3.31. The predicted molar refractivity (Wildman–Crippen MR) is 97.6 cm³/mol. The van der Waals surface area contributed by atoms with Crippen LogP contribution >= 0.6 is 23.5 Å². The van der Waals surface area contributed by atoms with Gasteiger partial charge in [-0.2, -0.15) is 0 Å². The minimum atomic E-state index is -0.898. The Kier molecular flexibility index (Phi) is 5.28. The summed E-state index contributed by atoms with van der Waals surface area (Å²) in [4.78, 5) is 19.1. The van der Waals surface area contributed by atoms with E-state index in [4.69, 9.17) is 21.7 Å². The fourth-order valence-corrected chi connectivity index (χ4v) is 3.60. The van der Waals surface area contributed by atoms with Gasteiger partial charge in [0.25, 0.3) is 0 Å². The van der Waals surface area contributed by atoms with Crippen molar-refractivity contribution in [1.82, 2.24) is 9.62 Å². The minimum Gasteiger partial charge on any atom is -0.478 e. The highest BCUT2D eigenvalue weighted by Gasteiger charge is 2.34. The first-order valence-corrected chi connectivity index (χ1v) is 8.90. The van der Waals surface area contributed by atoms with Crippen molar-refractivity contribution in [2.24, 2.45) is 4.99 Å². The van der Waals surface area contributed by atoms with Crippen LogP contribution in [0.4, 0.5) is 0 Å². The molecule has 5 nitrogen and oxygen atoms in total. The number of nitrogens with one attached hydrogen (secondary N) is 1. The quantitative estimate of drug-likeness (QED) is 0.761. The van der Waals surface area contributed by atoms with Crippen LogP contribution in [0.25, 0.3) is 0 Å². The van der Waals surface area contributed by atoms with Crippen molar-refractivity contribution in [3.63, 3.8) is 0 Å². The van der Waals surface area contributed by atoms with Gasteiger partial charge in [0.15, 0.2) is 0 Å². The lowest BCUT2D eigenvalue weighted by Gasteiger charge is -2.28. The molecule has 0 amide bonds. The van der Waals surface area contributed by atoms with Gasteiger partial charge in [-0.05, 0) is 55.3 Å². The number of aliphatic carboxylic acids is 1. The standard InChI is InChI=1S/C17H18ClN3O2S/c1-2-21-15-9-11(17(22)23)3-8-14(15)20-16(21)10-19-24-13-6-4-12(18)5-7-13/h3-9,14-15,19H,2,10H2,1H3,(H,22,23). The Hall–Kier alpha value is -1.76. The summed E-state index contributed by atoms with van der Waals surface area (Å²) in [6.07, 6.45) is 5.30. The number of likely N-dealkylation sites (N-methyl/N-ethyl adjacent to an activating group) is 1. The van der Waals surface area contributed by atoms with Gasteiger partial charge in [-0.1, -0.05) is 17.7 Å². The number of nitrogens with zero attached hydrogens (tertiary/aromatic N) is 2. The number of amidine groups is 1. The summed E-state index contributed by atoms with van der Waals surface area (Å²) in [6, 6.07) is 7.61. The molecule has 1 aliphatic carbocycles. The van der Waals surface area contributed by atoms with Crippen LogP contribution in [0.5, 0.6) is 0 Å². The molecule has 0 bridgehead atoms. The summed E-state index contributed by atoms with van der Waals surface area (Å²) in [6.45, 7) is 3.44. The van der Waals surface area contributed by atoms with E-state index < -0.39 is 5.97 Å². The van der Waals surface area contributed by atoms with Gasteiger partial charge in [-0.15, -0.1) is 0 Å². The van der Waals surface area contributed by atoms with Crippen LogP contribution in [-0.2, 0) is 4.79 Å². The van der Waals surface area contributed by atoms with E-state index in [0.29, 0.717) is 17.1 Å². The Morgan fingerprint density at radius 1 is 1.42 bits per heavy atom. The van der Waals surface area contributed by atoms with E-state index in [2.05, 4.69) is 16.5 Å². The molecule has 3 rings (SSSR count). The van der Waals surface area contributed by atoms with Crippen LogP contribution in [-0.4, -0.2) is 47.0 Å². The number of aliphatic imine (C=N–C) groups is 1. The van der Waals surface area contributed by atoms with E-state index >= 15 is 0 Å². The second-order valence-electron chi connectivity index (χ2n) is 5.48. The molecular weight excluding hydrogens is 346 g/mol. The number of fused-ring (bicyclic) bond motifs is 1. The Labute approximate surface area is 150 Å². The van der Waals surface area contributed by atoms with Crippen LogP contribution < -0.4 is 4.72 Å². The maximum Gasteiger partial charge on any atom is 0.335 e. The number of rotatable bonds is 6. The highest BCUT2D eigenvalue weighted by Crippen LogP contribution is 2.26. The molecule has 2 N–H and O–H groups in total. The van der Waals surface area contributed by atoms with E-state index in [9.17, 15) is 4.79 Å². The number of halogens is 1. The van der Waals surface area contributed by atoms with Crippen molar-refractivity contribution in [2.75, 3.05) is 13.1 Å². The predicted octanol–water partition coefficient (Wildman–Crippen LogP) is 2.99. The van der Waals surface area contributed by atoms with Crippen molar-refractivity contribution in [3.8, 4) is 0 Å². The third-order valence-corrected chi connectivity index (χ3v) is 5.03. The highest BCUT2D eigenvalue weighted by atomic mass is 35.5.